The molecule has 0 aliphatic carbocycles. The van der Waals surface area contributed by atoms with Crippen LogP contribution in [0, 0.1) is 12.7 Å². The summed E-state index contributed by atoms with van der Waals surface area (Å²) in [5.41, 5.74) is 1.23. The number of nitrogens with one attached hydrogen (secondary N) is 1. The van der Waals surface area contributed by atoms with Gasteiger partial charge in [-0.25, -0.2) is 9.07 Å². The summed E-state index contributed by atoms with van der Waals surface area (Å²) in [5, 5.41) is 6.81. The second-order valence-electron chi connectivity index (χ2n) is 7.50. The number of aromatic nitrogens is 2. The van der Waals surface area contributed by atoms with Crippen LogP contribution in [0.2, 0.25) is 0 Å². The molecule has 8 nitrogen and oxygen atoms in total. The summed E-state index contributed by atoms with van der Waals surface area (Å²) in [7, 11) is -2.10. The number of anilines is 1. The Morgan fingerprint density at radius 3 is 2.69 bits per heavy atom. The molecule has 32 heavy (non-hydrogen) atoms. The van der Waals surface area contributed by atoms with Crippen LogP contribution < -0.4 is 5.32 Å². The van der Waals surface area contributed by atoms with Gasteiger partial charge in [0.05, 0.1) is 22.3 Å². The second-order valence-corrected chi connectivity index (χ2v) is 9.10. The Bertz CT molecular complexity index is 1320. The molecule has 166 valence electrons. The van der Waals surface area contributed by atoms with Crippen LogP contribution in [0.4, 0.5) is 10.1 Å². The fourth-order valence-electron chi connectivity index (χ4n) is 3.53. The number of halogens is 1. The molecule has 2 heterocycles. The number of carbonyl (C=O) groups is 1. The number of rotatable bonds is 5. The maximum Gasteiger partial charge on any atom is 0.284 e. The van der Waals surface area contributed by atoms with Crippen molar-refractivity contribution in [2.24, 2.45) is 4.40 Å². The van der Waals surface area contributed by atoms with Gasteiger partial charge in [0.25, 0.3) is 15.9 Å². The Hall–Kier alpha value is -3.53. The largest absolute Gasteiger partial charge is 0.362 e. The van der Waals surface area contributed by atoms with Gasteiger partial charge < -0.3 is 10.2 Å². The average Bonchev–Trinajstić information content (AvgIpc) is 3.33. The summed E-state index contributed by atoms with van der Waals surface area (Å²) in [6.07, 6.45) is 2.82. The number of benzene rings is 2. The van der Waals surface area contributed by atoms with Crippen molar-refractivity contribution < 1.29 is 17.6 Å². The quantitative estimate of drug-likeness (QED) is 0.636. The van der Waals surface area contributed by atoms with Crippen LogP contribution >= 0.6 is 0 Å². The Morgan fingerprint density at radius 2 is 1.97 bits per heavy atom. The zero-order valence-electron chi connectivity index (χ0n) is 17.6. The number of hydrogen-bond acceptors (Lipinski definition) is 4. The van der Waals surface area contributed by atoms with E-state index in [4.69, 9.17) is 0 Å². The Kier molecular flexibility index (Phi) is 5.79. The molecule has 1 aliphatic heterocycles. The molecule has 1 amide bonds. The highest BCUT2D eigenvalue weighted by atomic mass is 32.2. The maximum absolute atomic E-state index is 14.1. The number of likely N-dealkylation sites (tertiary alicyclic amines) is 1. The van der Waals surface area contributed by atoms with Crippen molar-refractivity contribution in [1.82, 2.24) is 14.7 Å². The van der Waals surface area contributed by atoms with E-state index in [1.807, 2.05) is 11.9 Å². The SMILES string of the molecule is Cc1c(C(=O)Nc2cccc(S(=O)(=O)N=C3CCCN3C)c2)cnn1-c1ccccc1F. The third kappa shape index (κ3) is 4.26. The summed E-state index contributed by atoms with van der Waals surface area (Å²) in [6.45, 7) is 2.42. The standard InChI is InChI=1S/C22H22FN5O3S/c1-15-18(14-24-28(15)20-10-4-3-9-19(20)23)22(29)25-16-7-5-8-17(13-16)32(30,31)26-21-11-6-12-27(21)2/h3-5,7-10,13-14H,6,11-12H2,1-2H3,(H,25,29). The molecule has 10 heteroatoms. The molecule has 1 fully saturated rings. The predicted octanol–water partition coefficient (Wildman–Crippen LogP) is 3.38. The Labute approximate surface area is 185 Å². The van der Waals surface area contributed by atoms with Gasteiger partial charge in [0.15, 0.2) is 0 Å². The molecule has 3 aromatic rings. The van der Waals surface area contributed by atoms with Crippen LogP contribution in [0.5, 0.6) is 0 Å². The highest BCUT2D eigenvalue weighted by Crippen LogP contribution is 2.22. The first-order chi connectivity index (χ1) is 15.3. The molecule has 2 aromatic carbocycles. The molecule has 0 saturated carbocycles. The van der Waals surface area contributed by atoms with E-state index in [-0.39, 0.29) is 16.1 Å². The maximum atomic E-state index is 14.1. The van der Waals surface area contributed by atoms with Gasteiger partial charge in [-0.1, -0.05) is 18.2 Å². The van der Waals surface area contributed by atoms with Crippen LogP contribution in [0.1, 0.15) is 28.9 Å². The zero-order chi connectivity index (χ0) is 22.9. The van der Waals surface area contributed by atoms with Gasteiger partial charge in [0.1, 0.15) is 17.3 Å². The monoisotopic (exact) mass is 455 g/mol. The number of nitrogens with zero attached hydrogens (tertiary/aromatic N) is 4. The van der Waals surface area contributed by atoms with Gasteiger partial charge in [-0.15, -0.1) is 4.40 Å². The molecule has 1 saturated heterocycles. The lowest BCUT2D eigenvalue weighted by molar-refractivity contribution is 0.102. The number of hydrogen-bond donors (Lipinski definition) is 1. The van der Waals surface area contributed by atoms with Crippen molar-refractivity contribution >= 4 is 27.5 Å². The lowest BCUT2D eigenvalue weighted by atomic mass is 10.2. The predicted molar refractivity (Wildman–Crippen MR) is 119 cm³/mol. The normalized spacial score (nSPS) is 15.3. The Morgan fingerprint density at radius 1 is 1.19 bits per heavy atom. The Balaban J connectivity index is 1.57. The first-order valence-electron chi connectivity index (χ1n) is 10.0. The van der Waals surface area contributed by atoms with Crippen LogP contribution in [-0.4, -0.2) is 48.4 Å². The molecular formula is C22H22FN5O3S. The van der Waals surface area contributed by atoms with E-state index in [9.17, 15) is 17.6 Å². The molecule has 4 rings (SSSR count). The second kappa shape index (κ2) is 8.54. The van der Waals surface area contributed by atoms with E-state index in [1.54, 1.807) is 31.2 Å². The van der Waals surface area contributed by atoms with Crippen LogP contribution in [0.3, 0.4) is 0 Å². The van der Waals surface area contributed by atoms with Crippen LogP contribution in [0.25, 0.3) is 5.69 Å². The molecule has 0 spiro atoms. The summed E-state index contributed by atoms with van der Waals surface area (Å²) in [4.78, 5) is 14.6. The lowest BCUT2D eigenvalue weighted by Crippen LogP contribution is -2.20. The van der Waals surface area contributed by atoms with E-state index >= 15 is 0 Å². The fourth-order valence-corrected chi connectivity index (χ4v) is 4.67. The average molecular weight is 456 g/mol. The van der Waals surface area contributed by atoms with Crippen molar-refractivity contribution in [3.8, 4) is 5.69 Å². The van der Waals surface area contributed by atoms with E-state index in [2.05, 4.69) is 14.8 Å². The van der Waals surface area contributed by atoms with E-state index in [0.29, 0.717) is 23.6 Å². The molecule has 0 radical (unpaired) electrons. The van der Waals surface area contributed by atoms with Crippen molar-refractivity contribution in [3.63, 3.8) is 0 Å². The summed E-state index contributed by atoms with van der Waals surface area (Å²) < 4.78 is 44.8. The topological polar surface area (TPSA) is 96.7 Å². The minimum absolute atomic E-state index is 0.0122. The molecule has 1 N–H and O–H groups in total. The summed E-state index contributed by atoms with van der Waals surface area (Å²) in [6, 6.07) is 12.1. The number of amides is 1. The highest BCUT2D eigenvalue weighted by molar-refractivity contribution is 7.90. The first-order valence-corrected chi connectivity index (χ1v) is 11.5. The summed E-state index contributed by atoms with van der Waals surface area (Å²) >= 11 is 0. The molecule has 0 unspecified atom stereocenters. The van der Waals surface area contributed by atoms with E-state index in [0.717, 1.165) is 13.0 Å². The van der Waals surface area contributed by atoms with Gasteiger partial charge >= 0.3 is 0 Å². The van der Waals surface area contributed by atoms with Crippen LogP contribution in [-0.2, 0) is 10.0 Å². The van der Waals surface area contributed by atoms with Crippen molar-refractivity contribution in [1.29, 1.82) is 0 Å². The van der Waals surface area contributed by atoms with Crippen molar-refractivity contribution in [2.45, 2.75) is 24.7 Å². The van der Waals surface area contributed by atoms with Gasteiger partial charge in [-0.3, -0.25) is 4.79 Å². The minimum Gasteiger partial charge on any atom is -0.362 e. The van der Waals surface area contributed by atoms with Gasteiger partial charge in [-0.05, 0) is 43.7 Å². The number of sulfonamides is 1. The van der Waals surface area contributed by atoms with Gasteiger partial charge in [0.2, 0.25) is 0 Å². The van der Waals surface area contributed by atoms with Crippen molar-refractivity contribution in [3.05, 3.63) is 71.8 Å². The van der Waals surface area contributed by atoms with Crippen molar-refractivity contribution in [2.75, 3.05) is 18.9 Å². The molecule has 0 bridgehead atoms. The molecule has 1 aromatic heterocycles. The zero-order valence-corrected chi connectivity index (χ0v) is 18.4. The highest BCUT2D eigenvalue weighted by Gasteiger charge is 2.21. The first kappa shape index (κ1) is 21.7. The minimum atomic E-state index is -3.91. The third-order valence-corrected chi connectivity index (χ3v) is 6.59. The smallest absolute Gasteiger partial charge is 0.284 e. The fraction of sp³-hybridized carbons (Fsp3) is 0.227. The lowest BCUT2D eigenvalue weighted by Gasteiger charge is -2.11. The molecule has 1 aliphatic rings. The summed E-state index contributed by atoms with van der Waals surface area (Å²) in [5.74, 6) is -0.421. The number of para-hydroxylation sites is 1. The number of amidine groups is 1. The molecular weight excluding hydrogens is 433 g/mol. The molecule has 0 atom stereocenters. The third-order valence-electron chi connectivity index (χ3n) is 5.28. The van der Waals surface area contributed by atoms with Crippen LogP contribution in [0.15, 0.2) is 64.0 Å². The van der Waals surface area contributed by atoms with E-state index < -0.39 is 21.7 Å². The number of carbonyl (C=O) groups excluding carboxylic acids is 1. The van der Waals surface area contributed by atoms with Gasteiger partial charge in [-0.2, -0.15) is 13.5 Å². The van der Waals surface area contributed by atoms with Gasteiger partial charge in [0, 0.05) is 25.7 Å². The van der Waals surface area contributed by atoms with E-state index in [1.165, 1.54) is 35.1 Å².